The molecule has 1 heterocycles. The number of benzene rings is 1. The number of nitrogens with zero attached hydrogens (tertiary/aromatic N) is 1. The van der Waals surface area contributed by atoms with Gasteiger partial charge in [-0.3, -0.25) is 9.59 Å². The molecule has 1 aliphatic heterocycles. The summed E-state index contributed by atoms with van der Waals surface area (Å²) < 4.78 is 4.69. The Kier molecular flexibility index (Phi) is 4.96. The zero-order valence-corrected chi connectivity index (χ0v) is 12.8. The van der Waals surface area contributed by atoms with Crippen molar-refractivity contribution in [2.45, 2.75) is 25.9 Å². The van der Waals surface area contributed by atoms with Crippen LogP contribution in [-0.4, -0.2) is 43.5 Å². The average Bonchev–Trinajstić information content (AvgIpc) is 2.52. The van der Waals surface area contributed by atoms with Crippen molar-refractivity contribution in [3.63, 3.8) is 0 Å². The number of rotatable bonds is 4. The van der Waals surface area contributed by atoms with Crippen molar-refractivity contribution in [1.82, 2.24) is 10.2 Å². The van der Waals surface area contributed by atoms with E-state index in [1.807, 2.05) is 12.1 Å². The van der Waals surface area contributed by atoms with Crippen LogP contribution < -0.4 is 5.32 Å². The second-order valence-electron chi connectivity index (χ2n) is 5.55. The predicted octanol–water partition coefficient (Wildman–Crippen LogP) is 0.968. The topological polar surface area (TPSA) is 58.6 Å². The van der Waals surface area contributed by atoms with E-state index in [9.17, 15) is 9.59 Å². The van der Waals surface area contributed by atoms with Gasteiger partial charge in [-0.25, -0.2) is 0 Å². The molecule has 0 saturated heterocycles. The van der Waals surface area contributed by atoms with Gasteiger partial charge < -0.3 is 15.0 Å². The molecular weight excluding hydrogens is 268 g/mol. The molecule has 0 spiro atoms. The summed E-state index contributed by atoms with van der Waals surface area (Å²) in [5, 5.41) is 3.27. The highest BCUT2D eigenvalue weighted by Gasteiger charge is 2.28. The molecule has 1 aromatic carbocycles. The van der Waals surface area contributed by atoms with Crippen LogP contribution in [0.4, 0.5) is 0 Å². The van der Waals surface area contributed by atoms with Gasteiger partial charge in [0.1, 0.15) is 0 Å². The van der Waals surface area contributed by atoms with Crippen LogP contribution in [0.1, 0.15) is 18.1 Å². The molecule has 0 aromatic heterocycles. The van der Waals surface area contributed by atoms with E-state index in [0.29, 0.717) is 19.5 Å². The van der Waals surface area contributed by atoms with Crippen LogP contribution in [-0.2, 0) is 27.3 Å². The lowest BCUT2D eigenvalue weighted by molar-refractivity contribution is -0.146. The molecular formula is C16H22N2O3. The van der Waals surface area contributed by atoms with E-state index in [4.69, 9.17) is 4.74 Å². The van der Waals surface area contributed by atoms with Gasteiger partial charge in [0.25, 0.3) is 0 Å². The number of carbonyl (C=O) groups excluding carboxylic acids is 2. The van der Waals surface area contributed by atoms with E-state index < -0.39 is 0 Å². The molecule has 114 valence electrons. The molecule has 0 fully saturated rings. The van der Waals surface area contributed by atoms with Crippen molar-refractivity contribution >= 4 is 11.9 Å². The number of amides is 1. The van der Waals surface area contributed by atoms with Crippen LogP contribution in [0.2, 0.25) is 0 Å². The molecule has 5 heteroatoms. The third kappa shape index (κ3) is 3.61. The van der Waals surface area contributed by atoms with Crippen molar-refractivity contribution in [1.29, 1.82) is 0 Å². The van der Waals surface area contributed by atoms with Gasteiger partial charge in [-0.15, -0.1) is 0 Å². The number of hydrogen-bond donors (Lipinski definition) is 1. The SMILES string of the molecule is COC(=O)C(C)CN(C)C(=O)[C@@H]1Cc2ccccc2CN1. The fraction of sp³-hybridized carbons (Fsp3) is 0.500. The van der Waals surface area contributed by atoms with E-state index in [2.05, 4.69) is 17.4 Å². The number of fused-ring (bicyclic) bond motifs is 1. The van der Waals surface area contributed by atoms with E-state index in [0.717, 1.165) is 0 Å². The first-order valence-corrected chi connectivity index (χ1v) is 7.16. The molecule has 0 radical (unpaired) electrons. The molecule has 5 nitrogen and oxygen atoms in total. The Morgan fingerprint density at radius 1 is 1.38 bits per heavy atom. The maximum Gasteiger partial charge on any atom is 0.310 e. The zero-order chi connectivity index (χ0) is 15.4. The Morgan fingerprint density at radius 3 is 2.71 bits per heavy atom. The minimum Gasteiger partial charge on any atom is -0.469 e. The van der Waals surface area contributed by atoms with E-state index in [1.165, 1.54) is 18.2 Å². The highest BCUT2D eigenvalue weighted by molar-refractivity contribution is 5.83. The van der Waals surface area contributed by atoms with E-state index in [-0.39, 0.29) is 23.8 Å². The van der Waals surface area contributed by atoms with Crippen LogP contribution in [0.15, 0.2) is 24.3 Å². The summed E-state index contributed by atoms with van der Waals surface area (Å²) in [6.45, 7) is 2.83. The minimum atomic E-state index is -0.320. The number of carbonyl (C=O) groups is 2. The summed E-state index contributed by atoms with van der Waals surface area (Å²) in [6.07, 6.45) is 0.686. The van der Waals surface area contributed by atoms with Crippen LogP contribution in [0.5, 0.6) is 0 Å². The third-order valence-corrected chi connectivity index (χ3v) is 3.91. The fourth-order valence-corrected chi connectivity index (χ4v) is 2.67. The van der Waals surface area contributed by atoms with Crippen molar-refractivity contribution in [2.75, 3.05) is 20.7 Å². The molecule has 0 bridgehead atoms. The molecule has 1 aromatic rings. The molecule has 2 atom stereocenters. The molecule has 1 amide bonds. The molecule has 0 saturated carbocycles. The zero-order valence-electron chi connectivity index (χ0n) is 12.8. The second kappa shape index (κ2) is 6.72. The van der Waals surface area contributed by atoms with E-state index >= 15 is 0 Å². The van der Waals surface area contributed by atoms with Gasteiger partial charge in [0.05, 0.1) is 19.1 Å². The monoisotopic (exact) mass is 290 g/mol. The lowest BCUT2D eigenvalue weighted by Crippen LogP contribution is -2.49. The predicted molar refractivity (Wildman–Crippen MR) is 79.6 cm³/mol. The minimum absolute atomic E-state index is 0.0141. The van der Waals surface area contributed by atoms with Crippen molar-refractivity contribution in [2.24, 2.45) is 5.92 Å². The van der Waals surface area contributed by atoms with Gasteiger partial charge in [0.15, 0.2) is 0 Å². The standard InChI is InChI=1S/C16H22N2O3/c1-11(16(20)21-3)10-18(2)15(19)14-8-12-6-4-5-7-13(12)9-17-14/h4-7,11,14,17H,8-10H2,1-3H3/t11?,14-/m0/s1. The molecule has 1 N–H and O–H groups in total. The molecule has 0 aliphatic carbocycles. The van der Waals surface area contributed by atoms with Crippen molar-refractivity contribution in [3.05, 3.63) is 35.4 Å². The average molecular weight is 290 g/mol. The second-order valence-corrected chi connectivity index (χ2v) is 5.55. The van der Waals surface area contributed by atoms with Crippen LogP contribution in [0, 0.1) is 5.92 Å². The van der Waals surface area contributed by atoms with Crippen LogP contribution >= 0.6 is 0 Å². The summed E-state index contributed by atoms with van der Waals surface area (Å²) in [5.41, 5.74) is 2.45. The number of nitrogens with one attached hydrogen (secondary N) is 1. The molecule has 21 heavy (non-hydrogen) atoms. The van der Waals surface area contributed by atoms with E-state index in [1.54, 1.807) is 18.9 Å². The number of esters is 1. The Bertz CT molecular complexity index is 530. The third-order valence-electron chi connectivity index (χ3n) is 3.91. The summed E-state index contributed by atoms with van der Waals surface area (Å²) in [4.78, 5) is 25.5. The first-order valence-electron chi connectivity index (χ1n) is 7.16. The Morgan fingerprint density at radius 2 is 2.05 bits per heavy atom. The fourth-order valence-electron chi connectivity index (χ4n) is 2.67. The highest BCUT2D eigenvalue weighted by Crippen LogP contribution is 2.17. The van der Waals surface area contributed by atoms with Crippen LogP contribution in [0.25, 0.3) is 0 Å². The molecule has 1 aliphatic rings. The first-order chi connectivity index (χ1) is 10.0. The Balaban J connectivity index is 1.96. The highest BCUT2D eigenvalue weighted by atomic mass is 16.5. The van der Waals surface area contributed by atoms with Gasteiger partial charge >= 0.3 is 5.97 Å². The summed E-state index contributed by atoms with van der Waals surface area (Å²) in [6, 6.07) is 7.91. The first kappa shape index (κ1) is 15.5. The smallest absolute Gasteiger partial charge is 0.310 e. The Labute approximate surface area is 125 Å². The normalized spacial score (nSPS) is 18.5. The van der Waals surface area contributed by atoms with Gasteiger partial charge in [-0.05, 0) is 17.5 Å². The van der Waals surface area contributed by atoms with Gasteiger partial charge in [-0.1, -0.05) is 31.2 Å². The van der Waals surface area contributed by atoms with Crippen LogP contribution in [0.3, 0.4) is 0 Å². The maximum atomic E-state index is 12.5. The van der Waals surface area contributed by atoms with Crippen molar-refractivity contribution in [3.8, 4) is 0 Å². The van der Waals surface area contributed by atoms with Crippen molar-refractivity contribution < 1.29 is 14.3 Å². The quantitative estimate of drug-likeness (QED) is 0.840. The van der Waals surface area contributed by atoms with Gasteiger partial charge in [0.2, 0.25) is 5.91 Å². The summed E-state index contributed by atoms with van der Waals surface area (Å²) in [5.74, 6) is -0.600. The summed E-state index contributed by atoms with van der Waals surface area (Å²) >= 11 is 0. The lowest BCUT2D eigenvalue weighted by atomic mass is 9.95. The van der Waals surface area contributed by atoms with Gasteiger partial charge in [-0.2, -0.15) is 0 Å². The Hall–Kier alpha value is -1.88. The molecule has 2 rings (SSSR count). The number of ether oxygens (including phenoxy) is 1. The largest absolute Gasteiger partial charge is 0.469 e. The molecule has 1 unspecified atom stereocenters. The summed E-state index contributed by atoms with van der Waals surface area (Å²) in [7, 11) is 3.09. The maximum absolute atomic E-state index is 12.5. The van der Waals surface area contributed by atoms with Gasteiger partial charge in [0, 0.05) is 20.1 Å². The lowest BCUT2D eigenvalue weighted by Gasteiger charge is -2.29. The number of hydrogen-bond acceptors (Lipinski definition) is 4. The number of methoxy groups -OCH3 is 1. The number of likely N-dealkylation sites (N-methyl/N-ethyl adjacent to an activating group) is 1.